The number of thiophene rings is 1. The van der Waals surface area contributed by atoms with Crippen LogP contribution in [0.3, 0.4) is 0 Å². The summed E-state index contributed by atoms with van der Waals surface area (Å²) in [5.41, 5.74) is 0. The minimum absolute atomic E-state index is 0.0832. The molecule has 18 heavy (non-hydrogen) atoms. The Labute approximate surface area is 111 Å². The second-order valence-corrected chi connectivity index (χ2v) is 5.36. The Morgan fingerprint density at radius 3 is 2.67 bits per heavy atom. The summed E-state index contributed by atoms with van der Waals surface area (Å²) in [6.45, 7) is 4.74. The molecule has 0 aromatic carbocycles. The Morgan fingerprint density at radius 2 is 2.17 bits per heavy atom. The molecule has 0 fully saturated rings. The van der Waals surface area contributed by atoms with Crippen LogP contribution in [0, 0.1) is 5.92 Å². The Kier molecular flexibility index (Phi) is 5.85. The van der Waals surface area contributed by atoms with E-state index in [2.05, 4.69) is 11.4 Å². The minimum Gasteiger partial charge on any atom is -0.442 e. The number of carbonyl (C=O) groups excluding carboxylic acids is 2. The van der Waals surface area contributed by atoms with Crippen LogP contribution in [0.25, 0.3) is 0 Å². The summed E-state index contributed by atoms with van der Waals surface area (Å²) in [6, 6.07) is 4.10. The van der Waals surface area contributed by atoms with Crippen molar-refractivity contribution in [2.75, 3.05) is 0 Å². The van der Waals surface area contributed by atoms with Crippen LogP contribution in [-0.4, -0.2) is 18.1 Å². The Hall–Kier alpha value is -1.36. The zero-order valence-electron chi connectivity index (χ0n) is 10.9. The Bertz CT molecular complexity index is 373. The van der Waals surface area contributed by atoms with Gasteiger partial charge in [-0.2, -0.15) is 0 Å². The van der Waals surface area contributed by atoms with Crippen LogP contribution in [0.15, 0.2) is 17.5 Å². The lowest BCUT2D eigenvalue weighted by atomic mass is 10.0. The lowest BCUT2D eigenvalue weighted by Crippen LogP contribution is -2.41. The predicted molar refractivity (Wildman–Crippen MR) is 71.2 cm³/mol. The van der Waals surface area contributed by atoms with Gasteiger partial charge in [0.05, 0.1) is 0 Å². The second-order valence-electron chi connectivity index (χ2n) is 4.33. The van der Waals surface area contributed by atoms with E-state index < -0.39 is 6.23 Å². The van der Waals surface area contributed by atoms with E-state index in [-0.39, 0.29) is 17.8 Å². The van der Waals surface area contributed by atoms with Gasteiger partial charge in [-0.25, -0.2) is 0 Å². The molecule has 5 heteroatoms. The van der Waals surface area contributed by atoms with Gasteiger partial charge < -0.3 is 10.1 Å². The molecule has 4 nitrogen and oxygen atoms in total. The minimum atomic E-state index is -0.542. The van der Waals surface area contributed by atoms with E-state index in [0.717, 1.165) is 12.8 Å². The number of rotatable bonds is 6. The van der Waals surface area contributed by atoms with Gasteiger partial charge in [0, 0.05) is 24.6 Å². The monoisotopic (exact) mass is 269 g/mol. The van der Waals surface area contributed by atoms with Crippen LogP contribution in [-0.2, 0) is 20.7 Å². The number of nitrogens with one attached hydrogen (secondary N) is 1. The van der Waals surface area contributed by atoms with Crippen LogP contribution >= 0.6 is 11.3 Å². The highest BCUT2D eigenvalue weighted by molar-refractivity contribution is 7.09. The van der Waals surface area contributed by atoms with Crippen molar-refractivity contribution in [3.05, 3.63) is 22.4 Å². The van der Waals surface area contributed by atoms with Gasteiger partial charge in [0.15, 0.2) is 6.23 Å². The largest absolute Gasteiger partial charge is 0.442 e. The smallest absolute Gasteiger partial charge is 0.304 e. The van der Waals surface area contributed by atoms with Crippen LogP contribution in [0.1, 0.15) is 32.1 Å². The molecule has 0 bridgehead atoms. The highest BCUT2D eigenvalue weighted by Crippen LogP contribution is 2.17. The maximum absolute atomic E-state index is 11.1. The first kappa shape index (κ1) is 14.7. The maximum atomic E-state index is 11.1. The third kappa shape index (κ3) is 5.31. The zero-order chi connectivity index (χ0) is 13.5. The molecule has 1 aromatic heterocycles. The van der Waals surface area contributed by atoms with Crippen LogP contribution < -0.4 is 5.32 Å². The van der Waals surface area contributed by atoms with Crippen molar-refractivity contribution in [1.82, 2.24) is 5.32 Å². The zero-order valence-corrected chi connectivity index (χ0v) is 11.8. The molecule has 2 atom stereocenters. The Balaban J connectivity index is 2.49. The lowest BCUT2D eigenvalue weighted by molar-refractivity contribution is -0.152. The summed E-state index contributed by atoms with van der Waals surface area (Å²) in [5, 5.41) is 4.70. The van der Waals surface area contributed by atoms with Gasteiger partial charge in [-0.05, 0) is 24.3 Å². The number of hydrogen-bond donors (Lipinski definition) is 1. The number of amides is 1. The number of ether oxygens (including phenoxy) is 1. The summed E-state index contributed by atoms with van der Waals surface area (Å²) in [7, 11) is 0. The molecule has 0 aliphatic heterocycles. The SMILES string of the molecule is CC(=O)NC(OC(C)=O)C(C)CCc1cccs1. The van der Waals surface area contributed by atoms with Gasteiger partial charge in [-0.1, -0.05) is 13.0 Å². The van der Waals surface area contributed by atoms with Crippen molar-refractivity contribution in [2.45, 2.75) is 39.8 Å². The standard InChI is InChI=1S/C13H19NO3S/c1-9(6-7-12-5-4-8-18-12)13(14-10(2)15)17-11(3)16/h4-5,8-9,13H,6-7H2,1-3H3,(H,14,15). The first-order valence-electron chi connectivity index (χ1n) is 5.95. The first-order chi connectivity index (χ1) is 8.49. The third-order valence-electron chi connectivity index (χ3n) is 2.58. The summed E-state index contributed by atoms with van der Waals surface area (Å²) in [4.78, 5) is 23.4. The molecule has 0 spiro atoms. The molecule has 1 N–H and O–H groups in total. The lowest BCUT2D eigenvalue weighted by Gasteiger charge is -2.23. The average molecular weight is 269 g/mol. The average Bonchev–Trinajstić information content (AvgIpc) is 2.76. The van der Waals surface area contributed by atoms with Crippen molar-refractivity contribution in [3.8, 4) is 0 Å². The van der Waals surface area contributed by atoms with E-state index in [1.54, 1.807) is 11.3 Å². The summed E-state index contributed by atoms with van der Waals surface area (Å²) in [5.74, 6) is -0.485. The predicted octanol–water partition coefficient (Wildman–Crippen LogP) is 2.34. The third-order valence-corrected chi connectivity index (χ3v) is 3.52. The van der Waals surface area contributed by atoms with Gasteiger partial charge in [0.25, 0.3) is 0 Å². The van der Waals surface area contributed by atoms with Crippen LogP contribution in [0.5, 0.6) is 0 Å². The van der Waals surface area contributed by atoms with Gasteiger partial charge >= 0.3 is 5.97 Å². The molecule has 0 saturated carbocycles. The maximum Gasteiger partial charge on any atom is 0.304 e. The number of aryl methyl sites for hydroxylation is 1. The topological polar surface area (TPSA) is 55.4 Å². The fraction of sp³-hybridized carbons (Fsp3) is 0.538. The van der Waals surface area contributed by atoms with Gasteiger partial charge in [-0.15, -0.1) is 11.3 Å². The molecule has 1 amide bonds. The molecule has 1 aromatic rings. The van der Waals surface area contributed by atoms with E-state index in [1.165, 1.54) is 18.7 Å². The number of carbonyl (C=O) groups is 2. The number of esters is 1. The highest BCUT2D eigenvalue weighted by atomic mass is 32.1. The van der Waals surface area contributed by atoms with Gasteiger partial charge in [0.2, 0.25) is 5.91 Å². The van der Waals surface area contributed by atoms with E-state index >= 15 is 0 Å². The molecule has 2 unspecified atom stereocenters. The van der Waals surface area contributed by atoms with Crippen molar-refractivity contribution < 1.29 is 14.3 Å². The summed E-state index contributed by atoms with van der Waals surface area (Å²) < 4.78 is 5.13. The fourth-order valence-electron chi connectivity index (χ4n) is 1.64. The molecule has 0 aliphatic rings. The quantitative estimate of drug-likeness (QED) is 0.637. The number of hydrogen-bond acceptors (Lipinski definition) is 4. The van der Waals surface area contributed by atoms with E-state index in [1.807, 2.05) is 18.4 Å². The molecule has 0 radical (unpaired) electrons. The van der Waals surface area contributed by atoms with Crippen molar-refractivity contribution in [1.29, 1.82) is 0 Å². The molecule has 0 aliphatic carbocycles. The van der Waals surface area contributed by atoms with Crippen LogP contribution in [0.4, 0.5) is 0 Å². The fourth-order valence-corrected chi connectivity index (χ4v) is 2.37. The Morgan fingerprint density at radius 1 is 1.44 bits per heavy atom. The summed E-state index contributed by atoms with van der Waals surface area (Å²) >= 11 is 1.71. The van der Waals surface area contributed by atoms with Gasteiger partial charge in [0.1, 0.15) is 0 Å². The molecular weight excluding hydrogens is 250 g/mol. The molecule has 1 heterocycles. The molecule has 100 valence electrons. The van der Waals surface area contributed by atoms with Crippen LogP contribution in [0.2, 0.25) is 0 Å². The second kappa shape index (κ2) is 7.16. The summed E-state index contributed by atoms with van der Waals surface area (Å²) in [6.07, 6.45) is 1.24. The van der Waals surface area contributed by atoms with E-state index in [0.29, 0.717) is 0 Å². The van der Waals surface area contributed by atoms with E-state index in [4.69, 9.17) is 4.74 Å². The highest BCUT2D eigenvalue weighted by Gasteiger charge is 2.21. The molecule has 1 rings (SSSR count). The van der Waals surface area contributed by atoms with Crippen molar-refractivity contribution in [2.24, 2.45) is 5.92 Å². The van der Waals surface area contributed by atoms with Gasteiger partial charge in [-0.3, -0.25) is 9.59 Å². The van der Waals surface area contributed by atoms with Crippen molar-refractivity contribution in [3.63, 3.8) is 0 Å². The van der Waals surface area contributed by atoms with E-state index in [9.17, 15) is 9.59 Å². The molecule has 0 saturated heterocycles. The van der Waals surface area contributed by atoms with Crippen molar-refractivity contribution >= 4 is 23.2 Å². The first-order valence-corrected chi connectivity index (χ1v) is 6.83. The molecular formula is C13H19NO3S. The normalized spacial score (nSPS) is 13.7.